The normalized spacial score (nSPS) is 12.4. The van der Waals surface area contributed by atoms with Gasteiger partial charge in [0.1, 0.15) is 0 Å². The van der Waals surface area contributed by atoms with Gasteiger partial charge in [-0.3, -0.25) is 4.72 Å². The third-order valence-corrected chi connectivity index (χ3v) is 6.88. The molecule has 0 unspecified atom stereocenters. The van der Waals surface area contributed by atoms with Crippen LogP contribution in [0.4, 0.5) is 5.69 Å². The highest BCUT2D eigenvalue weighted by Gasteiger charge is 2.21. The van der Waals surface area contributed by atoms with E-state index in [2.05, 4.69) is 4.72 Å². The Bertz CT molecular complexity index is 971. The Morgan fingerprint density at radius 2 is 1.67 bits per heavy atom. The van der Waals surface area contributed by atoms with E-state index < -0.39 is 20.0 Å². The zero-order valence-electron chi connectivity index (χ0n) is 13.3. The number of nitrogens with one attached hydrogen (secondary N) is 1. The van der Waals surface area contributed by atoms with E-state index in [0.717, 1.165) is 4.31 Å². The molecule has 2 aromatic rings. The second kappa shape index (κ2) is 6.72. The fourth-order valence-electron chi connectivity index (χ4n) is 1.99. The van der Waals surface area contributed by atoms with E-state index in [4.69, 9.17) is 11.6 Å². The molecule has 0 spiro atoms. The third-order valence-electron chi connectivity index (χ3n) is 3.31. The van der Waals surface area contributed by atoms with Crippen LogP contribution in [0.3, 0.4) is 0 Å². The lowest BCUT2D eigenvalue weighted by Crippen LogP contribution is -2.23. The smallest absolute Gasteiger partial charge is 0.261 e. The number of aryl methyl sites for hydroxylation is 1. The van der Waals surface area contributed by atoms with Crippen molar-refractivity contribution in [2.24, 2.45) is 0 Å². The zero-order valence-corrected chi connectivity index (χ0v) is 15.7. The van der Waals surface area contributed by atoms with Crippen LogP contribution in [-0.2, 0) is 20.0 Å². The summed E-state index contributed by atoms with van der Waals surface area (Å²) in [5.74, 6) is 0. The summed E-state index contributed by atoms with van der Waals surface area (Å²) in [7, 11) is -4.73. The molecule has 0 heterocycles. The van der Waals surface area contributed by atoms with Crippen molar-refractivity contribution in [3.8, 4) is 0 Å². The Labute approximate surface area is 147 Å². The van der Waals surface area contributed by atoms with Gasteiger partial charge < -0.3 is 0 Å². The van der Waals surface area contributed by atoms with Crippen molar-refractivity contribution >= 4 is 37.3 Å². The lowest BCUT2D eigenvalue weighted by atomic mass is 10.2. The molecule has 0 amide bonds. The van der Waals surface area contributed by atoms with E-state index in [1.165, 1.54) is 44.4 Å². The number of nitrogens with zero attached hydrogens (tertiary/aromatic N) is 1. The first-order valence-corrected chi connectivity index (χ1v) is 10.2. The van der Waals surface area contributed by atoms with Crippen molar-refractivity contribution in [1.29, 1.82) is 0 Å². The van der Waals surface area contributed by atoms with Crippen molar-refractivity contribution in [3.63, 3.8) is 0 Å². The molecule has 2 aromatic carbocycles. The number of benzene rings is 2. The molecule has 0 saturated heterocycles. The van der Waals surface area contributed by atoms with Crippen LogP contribution in [0.25, 0.3) is 0 Å². The van der Waals surface area contributed by atoms with Gasteiger partial charge in [-0.15, -0.1) is 0 Å². The zero-order chi connectivity index (χ0) is 18.1. The van der Waals surface area contributed by atoms with E-state index in [-0.39, 0.29) is 20.5 Å². The molecule has 0 aliphatic rings. The minimum atomic E-state index is -3.87. The van der Waals surface area contributed by atoms with E-state index in [1.54, 1.807) is 19.1 Å². The Hall–Kier alpha value is -1.61. The quantitative estimate of drug-likeness (QED) is 0.853. The Balaban J connectivity index is 2.45. The lowest BCUT2D eigenvalue weighted by molar-refractivity contribution is 0.520. The van der Waals surface area contributed by atoms with Crippen molar-refractivity contribution in [2.75, 3.05) is 18.8 Å². The molecule has 24 heavy (non-hydrogen) atoms. The molecule has 6 nitrogen and oxygen atoms in total. The second-order valence-electron chi connectivity index (χ2n) is 5.33. The summed E-state index contributed by atoms with van der Waals surface area (Å²) in [6, 6.07) is 10.2. The first-order valence-electron chi connectivity index (χ1n) is 6.85. The predicted molar refractivity (Wildman–Crippen MR) is 94.3 cm³/mol. The molecule has 0 atom stereocenters. The molecular formula is C15H17ClN2O4S2. The van der Waals surface area contributed by atoms with E-state index in [9.17, 15) is 16.8 Å². The second-order valence-corrected chi connectivity index (χ2v) is 9.57. The Morgan fingerprint density at radius 1 is 1.00 bits per heavy atom. The summed E-state index contributed by atoms with van der Waals surface area (Å²) < 4.78 is 52.9. The predicted octanol–water partition coefficient (Wildman–Crippen LogP) is 2.70. The number of anilines is 1. The molecule has 0 aromatic heterocycles. The van der Waals surface area contributed by atoms with Crippen LogP contribution < -0.4 is 4.72 Å². The van der Waals surface area contributed by atoms with Gasteiger partial charge in [-0.05, 0) is 42.8 Å². The largest absolute Gasteiger partial charge is 0.280 e. The highest BCUT2D eigenvalue weighted by Crippen LogP contribution is 2.25. The van der Waals surface area contributed by atoms with Gasteiger partial charge in [-0.2, -0.15) is 0 Å². The number of rotatable bonds is 5. The average molecular weight is 389 g/mol. The fourth-order valence-corrected chi connectivity index (χ4v) is 4.48. The monoisotopic (exact) mass is 388 g/mol. The van der Waals surface area contributed by atoms with E-state index in [0.29, 0.717) is 5.56 Å². The van der Waals surface area contributed by atoms with Gasteiger partial charge >= 0.3 is 0 Å². The van der Waals surface area contributed by atoms with E-state index in [1.807, 2.05) is 0 Å². The molecular weight excluding hydrogens is 372 g/mol. The number of hydrogen-bond donors (Lipinski definition) is 1. The fraction of sp³-hybridized carbons (Fsp3) is 0.200. The van der Waals surface area contributed by atoms with Gasteiger partial charge in [0, 0.05) is 19.1 Å². The topological polar surface area (TPSA) is 83.5 Å². The van der Waals surface area contributed by atoms with Gasteiger partial charge in [-0.1, -0.05) is 23.7 Å². The molecule has 1 N–H and O–H groups in total. The SMILES string of the molecule is Cc1ccc(NS(=O)(=O)c2cccc(Cl)c2)cc1S(=O)(=O)N(C)C. The van der Waals surface area contributed by atoms with Crippen LogP contribution in [-0.4, -0.2) is 35.2 Å². The van der Waals surface area contributed by atoms with Crippen LogP contribution in [0.2, 0.25) is 5.02 Å². The third kappa shape index (κ3) is 3.89. The molecule has 130 valence electrons. The van der Waals surface area contributed by atoms with Crippen molar-refractivity contribution < 1.29 is 16.8 Å². The molecule has 0 radical (unpaired) electrons. The number of hydrogen-bond acceptors (Lipinski definition) is 4. The summed E-state index contributed by atoms with van der Waals surface area (Å²) >= 11 is 5.82. The Kier molecular flexibility index (Phi) is 5.24. The molecule has 0 aliphatic carbocycles. The van der Waals surface area contributed by atoms with Gasteiger partial charge in [0.2, 0.25) is 10.0 Å². The van der Waals surface area contributed by atoms with Crippen LogP contribution in [0.15, 0.2) is 52.3 Å². The molecule has 0 saturated carbocycles. The number of halogens is 1. The highest BCUT2D eigenvalue weighted by molar-refractivity contribution is 7.92. The summed E-state index contributed by atoms with van der Waals surface area (Å²) in [4.78, 5) is 0.0337. The van der Waals surface area contributed by atoms with Gasteiger partial charge in [0.05, 0.1) is 15.5 Å². The summed E-state index contributed by atoms with van der Waals surface area (Å²) in [5, 5.41) is 0.289. The van der Waals surface area contributed by atoms with Crippen molar-refractivity contribution in [3.05, 3.63) is 53.1 Å². The van der Waals surface area contributed by atoms with Gasteiger partial charge in [0.15, 0.2) is 0 Å². The first-order chi connectivity index (χ1) is 11.0. The van der Waals surface area contributed by atoms with Crippen molar-refractivity contribution in [2.45, 2.75) is 16.7 Å². The van der Waals surface area contributed by atoms with Crippen LogP contribution >= 0.6 is 11.6 Å². The van der Waals surface area contributed by atoms with Crippen molar-refractivity contribution in [1.82, 2.24) is 4.31 Å². The van der Waals surface area contributed by atoms with Crippen LogP contribution in [0.5, 0.6) is 0 Å². The maximum atomic E-state index is 12.4. The Morgan fingerprint density at radius 3 is 2.25 bits per heavy atom. The summed E-state index contributed by atoms with van der Waals surface area (Å²) in [6.45, 7) is 1.64. The maximum Gasteiger partial charge on any atom is 0.261 e. The number of sulfonamides is 2. The van der Waals surface area contributed by atoms with Gasteiger partial charge in [-0.25, -0.2) is 21.1 Å². The minimum Gasteiger partial charge on any atom is -0.280 e. The molecule has 2 rings (SSSR count). The van der Waals surface area contributed by atoms with Gasteiger partial charge in [0.25, 0.3) is 10.0 Å². The minimum absolute atomic E-state index is 0.00686. The molecule has 9 heteroatoms. The van der Waals surface area contributed by atoms with Crippen LogP contribution in [0, 0.1) is 6.92 Å². The summed E-state index contributed by atoms with van der Waals surface area (Å²) in [5.41, 5.74) is 0.676. The molecule has 0 bridgehead atoms. The molecule has 0 aliphatic heterocycles. The maximum absolute atomic E-state index is 12.4. The first kappa shape index (κ1) is 18.7. The lowest BCUT2D eigenvalue weighted by Gasteiger charge is -2.15. The average Bonchev–Trinajstić information content (AvgIpc) is 2.48. The molecule has 0 fully saturated rings. The van der Waals surface area contributed by atoms with E-state index >= 15 is 0 Å². The highest BCUT2D eigenvalue weighted by atomic mass is 35.5. The van der Waals surface area contributed by atoms with Crippen LogP contribution in [0.1, 0.15) is 5.56 Å². The summed E-state index contributed by atoms with van der Waals surface area (Å²) in [6.07, 6.45) is 0. The standard InChI is InChI=1S/C15H17ClN2O4S2/c1-11-7-8-13(10-15(11)24(21,22)18(2)3)17-23(19,20)14-6-4-5-12(16)9-14/h4-10,17H,1-3H3.